The van der Waals surface area contributed by atoms with Crippen LogP contribution < -0.4 is 10.1 Å². The third-order valence-electron chi connectivity index (χ3n) is 3.55. The lowest BCUT2D eigenvalue weighted by molar-refractivity contribution is 0.104. The Balaban J connectivity index is 1.89. The van der Waals surface area contributed by atoms with Crippen molar-refractivity contribution in [1.82, 2.24) is 5.32 Å². The molecular formula is C16H25NO2. The van der Waals surface area contributed by atoms with Crippen molar-refractivity contribution in [3.63, 3.8) is 0 Å². The Morgan fingerprint density at radius 3 is 2.84 bits per heavy atom. The molecule has 0 radical (unpaired) electrons. The summed E-state index contributed by atoms with van der Waals surface area (Å²) in [6, 6.07) is 6.66. The van der Waals surface area contributed by atoms with Crippen LogP contribution >= 0.6 is 0 Å². The molecule has 3 nitrogen and oxygen atoms in total. The second-order valence-electron chi connectivity index (χ2n) is 5.63. The monoisotopic (exact) mass is 263 g/mol. The van der Waals surface area contributed by atoms with Gasteiger partial charge in [-0.15, -0.1) is 0 Å². The molecule has 0 fully saturated rings. The van der Waals surface area contributed by atoms with Crippen molar-refractivity contribution in [3.8, 4) is 5.75 Å². The molecule has 0 bridgehead atoms. The van der Waals surface area contributed by atoms with Gasteiger partial charge in [-0.3, -0.25) is 0 Å². The van der Waals surface area contributed by atoms with Gasteiger partial charge in [0.05, 0.1) is 0 Å². The molecule has 2 N–H and O–H groups in total. The third kappa shape index (κ3) is 4.22. The van der Waals surface area contributed by atoms with Gasteiger partial charge in [0.25, 0.3) is 0 Å². The summed E-state index contributed by atoms with van der Waals surface area (Å²) in [5, 5.41) is 13.1. The van der Waals surface area contributed by atoms with E-state index in [1.165, 1.54) is 24.0 Å². The highest BCUT2D eigenvalue weighted by atomic mass is 16.5. The molecule has 1 aromatic rings. The molecule has 3 heteroatoms. The first kappa shape index (κ1) is 14.4. The average Bonchev–Trinajstić information content (AvgIpc) is 2.42. The fourth-order valence-corrected chi connectivity index (χ4v) is 2.50. The molecule has 0 aromatic heterocycles. The minimum absolute atomic E-state index is 0.357. The van der Waals surface area contributed by atoms with E-state index in [1.54, 1.807) is 0 Å². The number of hydrogen-bond acceptors (Lipinski definition) is 3. The Hall–Kier alpha value is -1.06. The van der Waals surface area contributed by atoms with Crippen LogP contribution in [0.3, 0.4) is 0 Å². The van der Waals surface area contributed by atoms with E-state index in [2.05, 4.69) is 31.3 Å². The number of ether oxygens (including phenoxy) is 1. The molecule has 1 aromatic carbocycles. The minimum atomic E-state index is -0.457. The number of aliphatic hydroxyl groups is 1. The summed E-state index contributed by atoms with van der Waals surface area (Å²) in [5.41, 5.74) is 2.76. The summed E-state index contributed by atoms with van der Waals surface area (Å²) in [7, 11) is 0. The summed E-state index contributed by atoms with van der Waals surface area (Å²) < 4.78 is 5.81. The molecule has 2 rings (SSSR count). The Morgan fingerprint density at radius 1 is 1.26 bits per heavy atom. The smallest absolute Gasteiger partial charge is 0.122 e. The van der Waals surface area contributed by atoms with E-state index in [0.29, 0.717) is 19.2 Å². The van der Waals surface area contributed by atoms with Gasteiger partial charge in [-0.25, -0.2) is 0 Å². The van der Waals surface area contributed by atoms with Crippen LogP contribution in [-0.4, -0.2) is 30.4 Å². The molecule has 0 unspecified atom stereocenters. The van der Waals surface area contributed by atoms with Gasteiger partial charge in [-0.2, -0.15) is 0 Å². The van der Waals surface area contributed by atoms with Crippen LogP contribution in [0.1, 0.15) is 37.8 Å². The van der Waals surface area contributed by atoms with E-state index in [-0.39, 0.29) is 0 Å². The number of rotatable bonds is 6. The molecule has 106 valence electrons. The summed E-state index contributed by atoms with van der Waals surface area (Å²) in [6.07, 6.45) is 4.32. The lowest BCUT2D eigenvalue weighted by atomic mass is 9.91. The van der Waals surface area contributed by atoms with Crippen LogP contribution in [0.25, 0.3) is 0 Å². The zero-order valence-electron chi connectivity index (χ0n) is 12.0. The first-order chi connectivity index (χ1) is 9.16. The first-order valence-electron chi connectivity index (χ1n) is 7.32. The summed E-state index contributed by atoms with van der Waals surface area (Å²) in [6.45, 7) is 5.07. The van der Waals surface area contributed by atoms with Crippen LogP contribution in [0.5, 0.6) is 5.75 Å². The zero-order chi connectivity index (χ0) is 13.7. The second kappa shape index (κ2) is 6.92. The standard InChI is InChI=1S/C16H25NO2/c1-12(2)17-10-14(18)11-19-16-9-5-7-13-6-3-4-8-15(13)16/h5,7,9,12,14,17-18H,3-4,6,8,10-11H2,1-2H3/t14-/m0/s1. The zero-order valence-corrected chi connectivity index (χ0v) is 12.0. The molecule has 19 heavy (non-hydrogen) atoms. The Kier molecular flexibility index (Phi) is 5.23. The summed E-state index contributed by atoms with van der Waals surface area (Å²) >= 11 is 0. The normalized spacial score (nSPS) is 16.2. The van der Waals surface area contributed by atoms with Gasteiger partial charge >= 0.3 is 0 Å². The van der Waals surface area contributed by atoms with Crippen molar-refractivity contribution in [2.75, 3.05) is 13.2 Å². The largest absolute Gasteiger partial charge is 0.491 e. The number of fused-ring (bicyclic) bond motifs is 1. The molecule has 1 aliphatic carbocycles. The highest BCUT2D eigenvalue weighted by molar-refractivity contribution is 5.41. The lowest BCUT2D eigenvalue weighted by Gasteiger charge is -2.21. The molecule has 0 spiro atoms. The van der Waals surface area contributed by atoms with Crippen molar-refractivity contribution >= 4 is 0 Å². The average molecular weight is 263 g/mol. The molecule has 0 amide bonds. The first-order valence-corrected chi connectivity index (χ1v) is 7.32. The quantitative estimate of drug-likeness (QED) is 0.827. The maximum absolute atomic E-state index is 9.88. The van der Waals surface area contributed by atoms with Crippen molar-refractivity contribution in [3.05, 3.63) is 29.3 Å². The predicted octanol–water partition coefficient (Wildman–Crippen LogP) is 2.30. The van der Waals surface area contributed by atoms with Crippen LogP contribution in [0.2, 0.25) is 0 Å². The molecule has 0 saturated heterocycles. The van der Waals surface area contributed by atoms with Gasteiger partial charge in [-0.05, 0) is 42.9 Å². The Bertz CT molecular complexity index is 404. The number of aliphatic hydroxyl groups excluding tert-OH is 1. The molecule has 1 aliphatic rings. The van der Waals surface area contributed by atoms with Crippen molar-refractivity contribution in [2.24, 2.45) is 0 Å². The maximum atomic E-state index is 9.88. The summed E-state index contributed by atoms with van der Waals surface area (Å²) in [4.78, 5) is 0. The molecule has 0 heterocycles. The Morgan fingerprint density at radius 2 is 2.05 bits per heavy atom. The van der Waals surface area contributed by atoms with Crippen LogP contribution in [0.15, 0.2) is 18.2 Å². The SMILES string of the molecule is CC(C)NC[C@H](O)COc1cccc2c1CCCC2. The van der Waals surface area contributed by atoms with Crippen LogP contribution in [0.4, 0.5) is 0 Å². The molecular weight excluding hydrogens is 238 g/mol. The topological polar surface area (TPSA) is 41.5 Å². The minimum Gasteiger partial charge on any atom is -0.491 e. The van der Waals surface area contributed by atoms with Gasteiger partial charge in [0.2, 0.25) is 0 Å². The lowest BCUT2D eigenvalue weighted by Crippen LogP contribution is -2.35. The van der Waals surface area contributed by atoms with Crippen molar-refractivity contribution in [1.29, 1.82) is 0 Å². The number of nitrogens with one attached hydrogen (secondary N) is 1. The third-order valence-corrected chi connectivity index (χ3v) is 3.55. The van der Waals surface area contributed by atoms with Gasteiger partial charge < -0.3 is 15.2 Å². The van der Waals surface area contributed by atoms with Crippen molar-refractivity contribution in [2.45, 2.75) is 51.7 Å². The van der Waals surface area contributed by atoms with E-state index in [1.807, 2.05) is 6.07 Å². The number of benzene rings is 1. The maximum Gasteiger partial charge on any atom is 0.122 e. The summed E-state index contributed by atoms with van der Waals surface area (Å²) in [5.74, 6) is 0.959. The van der Waals surface area contributed by atoms with E-state index in [0.717, 1.165) is 18.6 Å². The van der Waals surface area contributed by atoms with Gasteiger partial charge in [0.1, 0.15) is 18.5 Å². The van der Waals surface area contributed by atoms with Crippen LogP contribution in [-0.2, 0) is 12.8 Å². The van der Waals surface area contributed by atoms with E-state index < -0.39 is 6.10 Å². The number of aryl methyl sites for hydroxylation is 1. The van der Waals surface area contributed by atoms with Gasteiger partial charge in [-0.1, -0.05) is 26.0 Å². The molecule has 0 saturated carbocycles. The van der Waals surface area contributed by atoms with Gasteiger partial charge in [0.15, 0.2) is 0 Å². The fraction of sp³-hybridized carbons (Fsp3) is 0.625. The molecule has 1 atom stereocenters. The van der Waals surface area contributed by atoms with Crippen LogP contribution in [0, 0.1) is 0 Å². The highest BCUT2D eigenvalue weighted by Crippen LogP contribution is 2.29. The van der Waals surface area contributed by atoms with Gasteiger partial charge in [0, 0.05) is 12.6 Å². The van der Waals surface area contributed by atoms with E-state index in [4.69, 9.17) is 4.74 Å². The second-order valence-corrected chi connectivity index (χ2v) is 5.63. The Labute approximate surface area is 116 Å². The van der Waals surface area contributed by atoms with Crippen molar-refractivity contribution < 1.29 is 9.84 Å². The van der Waals surface area contributed by atoms with E-state index >= 15 is 0 Å². The number of hydrogen-bond donors (Lipinski definition) is 2. The predicted molar refractivity (Wildman–Crippen MR) is 77.7 cm³/mol. The van der Waals surface area contributed by atoms with E-state index in [9.17, 15) is 5.11 Å². The fourth-order valence-electron chi connectivity index (χ4n) is 2.50. The molecule has 0 aliphatic heterocycles. The highest BCUT2D eigenvalue weighted by Gasteiger charge is 2.14.